The summed E-state index contributed by atoms with van der Waals surface area (Å²) in [6, 6.07) is 5.10. The zero-order valence-electron chi connectivity index (χ0n) is 9.16. The summed E-state index contributed by atoms with van der Waals surface area (Å²) in [4.78, 5) is 20.7. The molecule has 3 N–H and O–H groups in total. The van der Waals surface area contributed by atoms with Crippen LogP contribution in [0.3, 0.4) is 0 Å². The van der Waals surface area contributed by atoms with Gasteiger partial charge in [0.15, 0.2) is 0 Å². The van der Waals surface area contributed by atoms with Crippen LogP contribution in [0.25, 0.3) is 0 Å². The third kappa shape index (κ3) is 3.54. The number of benzene rings is 1. The van der Waals surface area contributed by atoms with Gasteiger partial charge in [-0.15, -0.1) is 0 Å². The van der Waals surface area contributed by atoms with E-state index in [1.807, 2.05) is 4.72 Å². The van der Waals surface area contributed by atoms with Crippen LogP contribution in [0.15, 0.2) is 29.2 Å². The maximum Gasteiger partial charge on any atom is 0.337 e. The van der Waals surface area contributed by atoms with E-state index in [1.54, 1.807) is 0 Å². The Morgan fingerprint density at radius 2 is 1.78 bits per heavy atom. The maximum absolute atomic E-state index is 11.8. The first kappa shape index (κ1) is 14.1. The Kier molecular flexibility index (Phi) is 4.40. The average Bonchev–Trinajstić information content (AvgIpc) is 2.28. The number of rotatable bonds is 6. The van der Waals surface area contributed by atoms with E-state index < -0.39 is 22.0 Å². The van der Waals surface area contributed by atoms with Crippen molar-refractivity contribution in [2.24, 2.45) is 0 Å². The summed E-state index contributed by atoms with van der Waals surface area (Å²) >= 11 is 0. The van der Waals surface area contributed by atoms with Crippen molar-refractivity contribution in [2.45, 2.75) is 11.3 Å². The van der Waals surface area contributed by atoms with Gasteiger partial charge in [0.25, 0.3) is 0 Å². The fraction of sp³-hybridized carbons (Fsp3) is 0.200. The first-order valence-corrected chi connectivity index (χ1v) is 6.36. The number of hydrogen-bond acceptors (Lipinski definition) is 4. The zero-order chi connectivity index (χ0) is 13.8. The van der Waals surface area contributed by atoms with E-state index in [-0.39, 0.29) is 23.4 Å². The Bertz CT molecular complexity index is 565. The molecule has 7 nitrogen and oxygen atoms in total. The third-order valence-corrected chi connectivity index (χ3v) is 3.56. The third-order valence-electron chi connectivity index (χ3n) is 2.04. The molecule has 0 aliphatic rings. The number of carboxylic acids is 2. The normalized spacial score (nSPS) is 11.1. The molecule has 98 valence electrons. The van der Waals surface area contributed by atoms with E-state index in [1.165, 1.54) is 12.1 Å². The van der Waals surface area contributed by atoms with Crippen LogP contribution in [0.5, 0.6) is 0 Å². The molecule has 0 fully saturated rings. The van der Waals surface area contributed by atoms with E-state index in [2.05, 4.69) is 0 Å². The molecular weight excluding hydrogens is 262 g/mol. The van der Waals surface area contributed by atoms with Gasteiger partial charge in [-0.05, 0) is 12.1 Å². The van der Waals surface area contributed by atoms with Gasteiger partial charge in [0.1, 0.15) is 0 Å². The topological polar surface area (TPSA) is 121 Å². The second-order valence-electron chi connectivity index (χ2n) is 3.34. The molecule has 0 saturated carbocycles. The minimum Gasteiger partial charge on any atom is -0.481 e. The van der Waals surface area contributed by atoms with E-state index >= 15 is 0 Å². The molecule has 0 aromatic heterocycles. The van der Waals surface area contributed by atoms with Gasteiger partial charge in [-0.1, -0.05) is 12.1 Å². The molecule has 8 heteroatoms. The molecule has 0 amide bonds. The Morgan fingerprint density at radius 1 is 1.17 bits per heavy atom. The highest BCUT2D eigenvalue weighted by atomic mass is 32.2. The molecule has 18 heavy (non-hydrogen) atoms. The van der Waals surface area contributed by atoms with E-state index in [4.69, 9.17) is 10.2 Å². The summed E-state index contributed by atoms with van der Waals surface area (Å²) in [5.74, 6) is -2.52. The molecule has 0 spiro atoms. The second kappa shape index (κ2) is 5.61. The largest absolute Gasteiger partial charge is 0.481 e. The lowest BCUT2D eigenvalue weighted by molar-refractivity contribution is -0.136. The van der Waals surface area contributed by atoms with E-state index in [9.17, 15) is 18.0 Å². The van der Waals surface area contributed by atoms with Crippen LogP contribution in [-0.4, -0.2) is 37.1 Å². The number of carboxylic acid groups (broad SMARTS) is 2. The summed E-state index contributed by atoms with van der Waals surface area (Å²) in [7, 11) is -4.03. The van der Waals surface area contributed by atoms with Crippen molar-refractivity contribution < 1.29 is 28.2 Å². The van der Waals surface area contributed by atoms with Crippen LogP contribution in [0.2, 0.25) is 0 Å². The number of hydrogen-bond donors (Lipinski definition) is 3. The first-order chi connectivity index (χ1) is 8.34. The predicted molar refractivity (Wildman–Crippen MR) is 60.8 cm³/mol. The molecule has 0 saturated heterocycles. The average molecular weight is 273 g/mol. The summed E-state index contributed by atoms with van der Waals surface area (Å²) in [5, 5.41) is 17.3. The number of aliphatic carboxylic acids is 1. The SMILES string of the molecule is O=C(O)CCNS(=O)(=O)c1ccccc1C(=O)O. The molecule has 0 aliphatic carbocycles. The van der Waals surface area contributed by atoms with Crippen molar-refractivity contribution in [3.63, 3.8) is 0 Å². The molecule has 0 heterocycles. The van der Waals surface area contributed by atoms with Crippen LogP contribution < -0.4 is 4.72 Å². The number of sulfonamides is 1. The number of aromatic carboxylic acids is 1. The van der Waals surface area contributed by atoms with Gasteiger partial charge >= 0.3 is 11.9 Å². The molecule has 1 rings (SSSR count). The summed E-state index contributed by atoms with van der Waals surface area (Å²) in [5.41, 5.74) is -0.361. The molecule has 1 aromatic rings. The minimum atomic E-state index is -4.03. The van der Waals surface area contributed by atoms with E-state index in [0.717, 1.165) is 12.1 Å². The van der Waals surface area contributed by atoms with Gasteiger partial charge < -0.3 is 10.2 Å². The highest BCUT2D eigenvalue weighted by Crippen LogP contribution is 2.14. The summed E-state index contributed by atoms with van der Waals surface area (Å²) in [6.07, 6.45) is -0.380. The van der Waals surface area contributed by atoms with Crippen LogP contribution in [0.1, 0.15) is 16.8 Å². The highest BCUT2D eigenvalue weighted by Gasteiger charge is 2.21. The fourth-order valence-corrected chi connectivity index (χ4v) is 2.48. The second-order valence-corrected chi connectivity index (χ2v) is 5.08. The summed E-state index contributed by atoms with van der Waals surface area (Å²) < 4.78 is 25.6. The zero-order valence-corrected chi connectivity index (χ0v) is 9.98. The van der Waals surface area contributed by atoms with Crippen molar-refractivity contribution in [3.8, 4) is 0 Å². The minimum absolute atomic E-state index is 0.300. The van der Waals surface area contributed by atoms with Crippen molar-refractivity contribution in [1.82, 2.24) is 4.72 Å². The van der Waals surface area contributed by atoms with Crippen molar-refractivity contribution >= 4 is 22.0 Å². The van der Waals surface area contributed by atoms with Crippen LogP contribution in [0, 0.1) is 0 Å². The van der Waals surface area contributed by atoms with Crippen molar-refractivity contribution in [1.29, 1.82) is 0 Å². The smallest absolute Gasteiger partial charge is 0.337 e. The van der Waals surface area contributed by atoms with Gasteiger partial charge in [-0.2, -0.15) is 0 Å². The van der Waals surface area contributed by atoms with Gasteiger partial charge in [0.05, 0.1) is 16.9 Å². The van der Waals surface area contributed by atoms with Crippen molar-refractivity contribution in [2.75, 3.05) is 6.54 Å². The Balaban J connectivity index is 2.98. The van der Waals surface area contributed by atoms with Crippen LogP contribution >= 0.6 is 0 Å². The molecule has 0 aliphatic heterocycles. The van der Waals surface area contributed by atoms with Gasteiger partial charge in [-0.25, -0.2) is 17.9 Å². The number of nitrogens with one attached hydrogen (secondary N) is 1. The molecule has 1 aromatic carbocycles. The van der Waals surface area contributed by atoms with Gasteiger partial charge in [0, 0.05) is 6.54 Å². The van der Waals surface area contributed by atoms with Crippen LogP contribution in [0.4, 0.5) is 0 Å². The molecule has 0 bridgehead atoms. The highest BCUT2D eigenvalue weighted by molar-refractivity contribution is 7.89. The maximum atomic E-state index is 11.8. The van der Waals surface area contributed by atoms with Crippen LogP contribution in [-0.2, 0) is 14.8 Å². The van der Waals surface area contributed by atoms with Crippen molar-refractivity contribution in [3.05, 3.63) is 29.8 Å². The van der Waals surface area contributed by atoms with Gasteiger partial charge in [0.2, 0.25) is 10.0 Å². The summed E-state index contributed by atoms with van der Waals surface area (Å²) in [6.45, 7) is -0.300. The fourth-order valence-electron chi connectivity index (χ4n) is 1.25. The monoisotopic (exact) mass is 273 g/mol. The molecular formula is C10H11NO6S. The lowest BCUT2D eigenvalue weighted by Gasteiger charge is -2.08. The first-order valence-electron chi connectivity index (χ1n) is 4.88. The molecule has 0 atom stereocenters. The lowest BCUT2D eigenvalue weighted by atomic mass is 10.2. The Hall–Kier alpha value is -1.93. The van der Waals surface area contributed by atoms with Gasteiger partial charge in [-0.3, -0.25) is 4.79 Å². The number of carbonyl (C=O) groups is 2. The van der Waals surface area contributed by atoms with E-state index in [0.29, 0.717) is 0 Å². The predicted octanol–water partition coefficient (Wildman–Crippen LogP) is 0.138. The standard InChI is InChI=1S/C10H11NO6S/c12-9(13)5-6-11-18(16,17)8-4-2-1-3-7(8)10(14)15/h1-4,11H,5-6H2,(H,12,13)(H,14,15). The quantitative estimate of drug-likeness (QED) is 0.677. The Morgan fingerprint density at radius 3 is 2.33 bits per heavy atom. The lowest BCUT2D eigenvalue weighted by Crippen LogP contribution is -2.27. The Labute approximate surface area is 103 Å². The molecule has 0 radical (unpaired) electrons. The molecule has 0 unspecified atom stereocenters.